The first kappa shape index (κ1) is 14.3. The van der Waals surface area contributed by atoms with E-state index in [-0.39, 0.29) is 11.3 Å². The monoisotopic (exact) mass is 291 g/mol. The van der Waals surface area contributed by atoms with Crippen molar-refractivity contribution in [3.8, 4) is 11.4 Å². The van der Waals surface area contributed by atoms with E-state index in [1.807, 2.05) is 6.92 Å². The van der Waals surface area contributed by atoms with E-state index in [2.05, 4.69) is 0 Å². The van der Waals surface area contributed by atoms with Crippen molar-refractivity contribution >= 4 is 17.4 Å². The lowest BCUT2D eigenvalue weighted by Gasteiger charge is -2.15. The Labute approximate surface area is 121 Å². The highest BCUT2D eigenvalue weighted by Gasteiger charge is 2.18. The van der Waals surface area contributed by atoms with Gasteiger partial charge in [0.15, 0.2) is 5.78 Å². The molecule has 0 amide bonds. The Balaban J connectivity index is 2.88. The third kappa shape index (κ3) is 2.34. The van der Waals surface area contributed by atoms with E-state index in [1.165, 1.54) is 17.6 Å². The summed E-state index contributed by atoms with van der Waals surface area (Å²) >= 11 is 5.97. The molecule has 0 atom stereocenters. The Morgan fingerprint density at radius 1 is 1.25 bits per heavy atom. The maximum absolute atomic E-state index is 12.5. The summed E-state index contributed by atoms with van der Waals surface area (Å²) in [7, 11) is 0. The minimum atomic E-state index is -0.541. The van der Waals surface area contributed by atoms with Gasteiger partial charge in [-0.15, -0.1) is 0 Å². The fourth-order valence-electron chi connectivity index (χ4n) is 2.17. The highest BCUT2D eigenvalue weighted by molar-refractivity contribution is 6.30. The van der Waals surface area contributed by atoms with Crippen LogP contribution in [0.5, 0.6) is 5.75 Å². The van der Waals surface area contributed by atoms with Crippen LogP contribution in [-0.2, 0) is 0 Å². The normalized spacial score (nSPS) is 10.6. The van der Waals surface area contributed by atoms with E-state index in [0.717, 1.165) is 5.56 Å². The average Bonchev–Trinajstić information content (AvgIpc) is 2.32. The molecule has 0 spiro atoms. The summed E-state index contributed by atoms with van der Waals surface area (Å²) in [4.78, 5) is 24.0. The number of hydrogen-bond donors (Lipinski definition) is 1. The van der Waals surface area contributed by atoms with Gasteiger partial charge < -0.3 is 5.11 Å². The molecule has 0 saturated carbocycles. The van der Waals surface area contributed by atoms with Gasteiger partial charge in [0.05, 0.1) is 5.69 Å². The molecule has 0 bridgehead atoms. The Bertz CT molecular complexity index is 762. The van der Waals surface area contributed by atoms with Gasteiger partial charge in [-0.3, -0.25) is 14.2 Å². The molecule has 0 aliphatic carbocycles. The highest BCUT2D eigenvalue weighted by Crippen LogP contribution is 2.22. The van der Waals surface area contributed by atoms with Gasteiger partial charge in [0, 0.05) is 16.8 Å². The summed E-state index contributed by atoms with van der Waals surface area (Å²) in [6.07, 6.45) is 0. The van der Waals surface area contributed by atoms with Crippen molar-refractivity contribution in [1.29, 1.82) is 0 Å². The Hall–Kier alpha value is -2.07. The molecule has 1 heterocycles. The van der Waals surface area contributed by atoms with Crippen LogP contribution in [0.15, 0.2) is 29.1 Å². The molecular weight excluding hydrogens is 278 g/mol. The van der Waals surface area contributed by atoms with Gasteiger partial charge >= 0.3 is 0 Å². The molecule has 1 N–H and O–H groups in total. The maximum atomic E-state index is 12.5. The standard InChI is InChI=1S/C15H14ClNO3/c1-8-4-5-11(16)7-12(8)17-9(2)6-13(19)14(10(3)18)15(17)20/h4-7,19H,1-3H3. The number of Topliss-reactive ketones (excluding diaryl/α,β-unsaturated/α-hetero) is 1. The molecule has 0 aliphatic rings. The fourth-order valence-corrected chi connectivity index (χ4v) is 2.34. The minimum Gasteiger partial charge on any atom is -0.507 e. The summed E-state index contributed by atoms with van der Waals surface area (Å²) in [6, 6.07) is 6.58. The van der Waals surface area contributed by atoms with Crippen molar-refractivity contribution in [2.24, 2.45) is 0 Å². The molecule has 2 rings (SSSR count). The molecule has 1 aromatic carbocycles. The molecule has 0 radical (unpaired) electrons. The number of ketones is 1. The van der Waals surface area contributed by atoms with Crippen LogP contribution in [0.4, 0.5) is 0 Å². The topological polar surface area (TPSA) is 59.3 Å². The van der Waals surface area contributed by atoms with Gasteiger partial charge in [0.25, 0.3) is 5.56 Å². The number of rotatable bonds is 2. The predicted octanol–water partition coefficient (Wildman–Crippen LogP) is 3.02. The number of aromatic nitrogens is 1. The lowest BCUT2D eigenvalue weighted by Crippen LogP contribution is -2.26. The van der Waals surface area contributed by atoms with Crippen LogP contribution in [0.3, 0.4) is 0 Å². The van der Waals surface area contributed by atoms with Gasteiger partial charge in [0.2, 0.25) is 0 Å². The first-order valence-corrected chi connectivity index (χ1v) is 6.44. The van der Waals surface area contributed by atoms with Crippen LogP contribution in [0.1, 0.15) is 28.5 Å². The van der Waals surface area contributed by atoms with Gasteiger partial charge in [-0.25, -0.2) is 0 Å². The van der Waals surface area contributed by atoms with Gasteiger partial charge in [-0.2, -0.15) is 0 Å². The summed E-state index contributed by atoms with van der Waals surface area (Å²) < 4.78 is 1.39. The molecule has 1 aromatic heterocycles. The largest absolute Gasteiger partial charge is 0.507 e. The molecule has 20 heavy (non-hydrogen) atoms. The molecule has 0 saturated heterocycles. The molecule has 104 valence electrons. The number of carbonyl (C=O) groups is 1. The zero-order chi connectivity index (χ0) is 15.0. The van der Waals surface area contributed by atoms with Crippen LogP contribution in [-0.4, -0.2) is 15.5 Å². The number of nitrogens with zero attached hydrogens (tertiary/aromatic N) is 1. The zero-order valence-electron chi connectivity index (χ0n) is 11.4. The second-order valence-corrected chi connectivity index (χ2v) is 5.11. The molecular formula is C15H14ClNO3. The van der Waals surface area contributed by atoms with Crippen molar-refractivity contribution < 1.29 is 9.90 Å². The van der Waals surface area contributed by atoms with Crippen molar-refractivity contribution in [2.45, 2.75) is 20.8 Å². The summed E-state index contributed by atoms with van der Waals surface area (Å²) in [5.74, 6) is -0.767. The maximum Gasteiger partial charge on any atom is 0.269 e. The number of carbonyl (C=O) groups excluding carboxylic acids is 1. The Morgan fingerprint density at radius 3 is 2.50 bits per heavy atom. The minimum absolute atomic E-state index is 0.213. The second-order valence-electron chi connectivity index (χ2n) is 4.67. The molecule has 5 heteroatoms. The van der Waals surface area contributed by atoms with Crippen LogP contribution in [0.25, 0.3) is 5.69 Å². The smallest absolute Gasteiger partial charge is 0.269 e. The summed E-state index contributed by atoms with van der Waals surface area (Å²) in [6.45, 7) is 4.78. The fraction of sp³-hybridized carbons (Fsp3) is 0.200. The van der Waals surface area contributed by atoms with Crippen molar-refractivity contribution in [2.75, 3.05) is 0 Å². The lowest BCUT2D eigenvalue weighted by atomic mass is 10.1. The van der Waals surface area contributed by atoms with E-state index in [9.17, 15) is 14.7 Å². The molecule has 2 aromatic rings. The van der Waals surface area contributed by atoms with E-state index in [4.69, 9.17) is 11.6 Å². The second kappa shape index (κ2) is 5.13. The number of aromatic hydroxyl groups is 1. The van der Waals surface area contributed by atoms with Gasteiger partial charge in [-0.1, -0.05) is 17.7 Å². The first-order chi connectivity index (χ1) is 9.32. The van der Waals surface area contributed by atoms with Crippen molar-refractivity contribution in [3.63, 3.8) is 0 Å². The lowest BCUT2D eigenvalue weighted by molar-refractivity contribution is 0.101. The van der Waals surface area contributed by atoms with E-state index < -0.39 is 11.3 Å². The molecule has 4 nitrogen and oxygen atoms in total. The SMILES string of the molecule is CC(=O)c1c(O)cc(C)n(-c2cc(Cl)ccc2C)c1=O. The number of pyridine rings is 1. The average molecular weight is 292 g/mol. The van der Waals surface area contributed by atoms with E-state index in [0.29, 0.717) is 16.4 Å². The Morgan fingerprint density at radius 2 is 1.90 bits per heavy atom. The molecule has 0 fully saturated rings. The summed E-state index contributed by atoms with van der Waals surface area (Å²) in [5.41, 5.74) is 1.22. The number of halogens is 1. The summed E-state index contributed by atoms with van der Waals surface area (Å²) in [5, 5.41) is 10.3. The Kier molecular flexibility index (Phi) is 3.68. The number of benzene rings is 1. The predicted molar refractivity (Wildman–Crippen MR) is 78.2 cm³/mol. The van der Waals surface area contributed by atoms with Gasteiger partial charge in [-0.05, 0) is 38.5 Å². The van der Waals surface area contributed by atoms with Gasteiger partial charge in [0.1, 0.15) is 11.3 Å². The number of hydrogen-bond acceptors (Lipinski definition) is 3. The quantitative estimate of drug-likeness (QED) is 0.865. The first-order valence-electron chi connectivity index (χ1n) is 6.06. The van der Waals surface area contributed by atoms with Crippen LogP contribution < -0.4 is 5.56 Å². The highest BCUT2D eigenvalue weighted by atomic mass is 35.5. The van der Waals surface area contributed by atoms with Crippen LogP contribution >= 0.6 is 11.6 Å². The van der Waals surface area contributed by atoms with Crippen LogP contribution in [0, 0.1) is 13.8 Å². The third-order valence-corrected chi connectivity index (χ3v) is 3.37. The van der Waals surface area contributed by atoms with Crippen molar-refractivity contribution in [1.82, 2.24) is 4.57 Å². The zero-order valence-corrected chi connectivity index (χ0v) is 12.2. The van der Waals surface area contributed by atoms with E-state index in [1.54, 1.807) is 25.1 Å². The van der Waals surface area contributed by atoms with Crippen LogP contribution in [0.2, 0.25) is 5.02 Å². The van der Waals surface area contributed by atoms with E-state index >= 15 is 0 Å². The third-order valence-electron chi connectivity index (χ3n) is 3.14. The molecule has 0 unspecified atom stereocenters. The number of aryl methyl sites for hydroxylation is 2. The van der Waals surface area contributed by atoms with Crippen molar-refractivity contribution in [3.05, 3.63) is 56.5 Å². The molecule has 0 aliphatic heterocycles.